The van der Waals surface area contributed by atoms with Crippen LogP contribution in [0.2, 0.25) is 0 Å². The zero-order valence-corrected chi connectivity index (χ0v) is 11.5. The number of hydrogen-bond acceptors (Lipinski definition) is 3. The Bertz CT molecular complexity index is 262. The summed E-state index contributed by atoms with van der Waals surface area (Å²) in [6, 6.07) is 0. The summed E-state index contributed by atoms with van der Waals surface area (Å²) >= 11 is 0. The van der Waals surface area contributed by atoms with Crippen LogP contribution in [-0.4, -0.2) is 24.3 Å². The molecule has 1 fully saturated rings. The highest BCUT2D eigenvalue weighted by Crippen LogP contribution is 2.47. The molecule has 0 heterocycles. The zero-order valence-electron chi connectivity index (χ0n) is 11.5. The van der Waals surface area contributed by atoms with Crippen LogP contribution in [0.1, 0.15) is 47.0 Å². The van der Waals surface area contributed by atoms with Gasteiger partial charge in [0.2, 0.25) is 0 Å². The Morgan fingerprint density at radius 2 is 2.12 bits per heavy atom. The highest BCUT2D eigenvalue weighted by molar-refractivity contribution is 5.65. The molecule has 0 saturated heterocycles. The van der Waals surface area contributed by atoms with Crippen molar-refractivity contribution < 1.29 is 14.6 Å². The minimum Gasteiger partial charge on any atom is -0.465 e. The fourth-order valence-electron chi connectivity index (χ4n) is 3.40. The van der Waals surface area contributed by atoms with Crippen LogP contribution in [0.25, 0.3) is 0 Å². The van der Waals surface area contributed by atoms with Crippen LogP contribution in [0.4, 0.5) is 0 Å². The van der Waals surface area contributed by atoms with Gasteiger partial charge in [-0.25, -0.2) is 0 Å². The van der Waals surface area contributed by atoms with E-state index in [1.54, 1.807) is 0 Å². The lowest BCUT2D eigenvalue weighted by atomic mass is 9.60. The van der Waals surface area contributed by atoms with Crippen LogP contribution in [0.15, 0.2) is 0 Å². The third kappa shape index (κ3) is 3.44. The first-order valence-electron chi connectivity index (χ1n) is 6.65. The molecule has 1 aliphatic rings. The molecule has 1 saturated carbocycles. The summed E-state index contributed by atoms with van der Waals surface area (Å²) in [6.07, 6.45) is 3.30. The van der Waals surface area contributed by atoms with Crippen molar-refractivity contribution in [3.63, 3.8) is 0 Å². The van der Waals surface area contributed by atoms with Crippen molar-refractivity contribution in [2.75, 3.05) is 13.2 Å². The Labute approximate surface area is 105 Å². The van der Waals surface area contributed by atoms with E-state index >= 15 is 0 Å². The maximum atomic E-state index is 11.0. The first-order valence-corrected chi connectivity index (χ1v) is 6.65. The smallest absolute Gasteiger partial charge is 0.302 e. The number of ether oxygens (including phenoxy) is 1. The molecule has 100 valence electrons. The molecule has 3 atom stereocenters. The van der Waals surface area contributed by atoms with Crippen molar-refractivity contribution in [2.24, 2.45) is 23.2 Å². The lowest BCUT2D eigenvalue weighted by Gasteiger charge is -2.46. The normalized spacial score (nSPS) is 33.8. The Hall–Kier alpha value is -0.570. The Kier molecular flexibility index (Phi) is 4.99. The molecule has 1 N–H and O–H groups in total. The van der Waals surface area contributed by atoms with Gasteiger partial charge >= 0.3 is 5.97 Å². The number of aliphatic hydroxyl groups excluding tert-OH is 1. The summed E-state index contributed by atoms with van der Waals surface area (Å²) in [6.45, 7) is 8.52. The molecule has 3 nitrogen and oxygen atoms in total. The molecule has 0 unspecified atom stereocenters. The number of esters is 1. The number of hydrogen-bond donors (Lipinski definition) is 1. The van der Waals surface area contributed by atoms with E-state index in [2.05, 4.69) is 20.8 Å². The molecular formula is C14H26O3. The quantitative estimate of drug-likeness (QED) is 0.771. The molecule has 0 aliphatic heterocycles. The van der Waals surface area contributed by atoms with Gasteiger partial charge in [-0.2, -0.15) is 0 Å². The van der Waals surface area contributed by atoms with Crippen molar-refractivity contribution in [2.45, 2.75) is 47.0 Å². The number of carbonyl (C=O) groups excluding carboxylic acids is 1. The Morgan fingerprint density at radius 1 is 1.47 bits per heavy atom. The van der Waals surface area contributed by atoms with Crippen molar-refractivity contribution in [1.82, 2.24) is 0 Å². The van der Waals surface area contributed by atoms with Gasteiger partial charge in [0.15, 0.2) is 0 Å². The van der Waals surface area contributed by atoms with Crippen LogP contribution in [0.3, 0.4) is 0 Å². The highest BCUT2D eigenvalue weighted by Gasteiger charge is 2.44. The second kappa shape index (κ2) is 5.85. The SMILES string of the molecule is CC(=O)OC[C@]1(CO)C[C@H](C)CC[C@@H]1C(C)C. The molecule has 0 aromatic rings. The summed E-state index contributed by atoms with van der Waals surface area (Å²) in [4.78, 5) is 11.0. The summed E-state index contributed by atoms with van der Waals surface area (Å²) in [5, 5.41) is 9.80. The first kappa shape index (κ1) is 14.5. The molecule has 0 spiro atoms. The van der Waals surface area contributed by atoms with Gasteiger partial charge in [-0.15, -0.1) is 0 Å². The summed E-state index contributed by atoms with van der Waals surface area (Å²) in [7, 11) is 0. The van der Waals surface area contributed by atoms with Crippen LogP contribution >= 0.6 is 0 Å². The van der Waals surface area contributed by atoms with Crippen LogP contribution < -0.4 is 0 Å². The molecule has 0 bridgehead atoms. The molecule has 1 rings (SSSR count). The van der Waals surface area contributed by atoms with Crippen molar-refractivity contribution >= 4 is 5.97 Å². The minimum absolute atomic E-state index is 0.119. The number of rotatable bonds is 4. The van der Waals surface area contributed by atoms with Gasteiger partial charge < -0.3 is 9.84 Å². The monoisotopic (exact) mass is 242 g/mol. The molecule has 0 aromatic carbocycles. The summed E-state index contributed by atoms with van der Waals surface area (Å²) in [5.41, 5.74) is -0.225. The minimum atomic E-state index is -0.251. The van der Waals surface area contributed by atoms with E-state index < -0.39 is 0 Å². The molecule has 3 heteroatoms. The van der Waals surface area contributed by atoms with Crippen molar-refractivity contribution in [1.29, 1.82) is 0 Å². The predicted octanol–water partition coefficient (Wildman–Crippen LogP) is 2.62. The molecule has 1 aliphatic carbocycles. The van der Waals surface area contributed by atoms with E-state index in [9.17, 15) is 9.90 Å². The predicted molar refractivity (Wildman–Crippen MR) is 67.5 cm³/mol. The lowest BCUT2D eigenvalue weighted by Crippen LogP contribution is -2.46. The average molecular weight is 242 g/mol. The third-order valence-electron chi connectivity index (χ3n) is 4.19. The van der Waals surface area contributed by atoms with Crippen molar-refractivity contribution in [3.8, 4) is 0 Å². The number of carbonyl (C=O) groups is 1. The fraction of sp³-hybridized carbons (Fsp3) is 0.929. The van der Waals surface area contributed by atoms with Crippen LogP contribution in [0.5, 0.6) is 0 Å². The van der Waals surface area contributed by atoms with Gasteiger partial charge in [0.25, 0.3) is 0 Å². The van der Waals surface area contributed by atoms with E-state index in [4.69, 9.17) is 4.74 Å². The van der Waals surface area contributed by atoms with Crippen LogP contribution in [0, 0.1) is 23.2 Å². The summed E-state index contributed by atoms with van der Waals surface area (Å²) in [5.74, 6) is 1.32. The Balaban J connectivity index is 2.83. The van der Waals surface area contributed by atoms with E-state index in [1.165, 1.54) is 13.3 Å². The maximum Gasteiger partial charge on any atom is 0.302 e. The highest BCUT2D eigenvalue weighted by atomic mass is 16.5. The summed E-state index contributed by atoms with van der Waals surface area (Å²) < 4.78 is 5.21. The second-order valence-electron chi connectivity index (χ2n) is 6.04. The molecule has 0 radical (unpaired) electrons. The molecular weight excluding hydrogens is 216 g/mol. The maximum absolute atomic E-state index is 11.0. The largest absolute Gasteiger partial charge is 0.465 e. The lowest BCUT2D eigenvalue weighted by molar-refractivity contribution is -0.151. The molecule has 0 aromatic heterocycles. The molecule has 0 amide bonds. The van der Waals surface area contributed by atoms with E-state index in [0.717, 1.165) is 12.8 Å². The molecule has 17 heavy (non-hydrogen) atoms. The van der Waals surface area contributed by atoms with Crippen LogP contribution in [-0.2, 0) is 9.53 Å². The van der Waals surface area contributed by atoms with E-state index in [0.29, 0.717) is 24.4 Å². The third-order valence-corrected chi connectivity index (χ3v) is 4.19. The van der Waals surface area contributed by atoms with Gasteiger partial charge in [0.05, 0.1) is 13.2 Å². The zero-order chi connectivity index (χ0) is 13.1. The average Bonchev–Trinajstić information content (AvgIpc) is 2.25. The van der Waals surface area contributed by atoms with Gasteiger partial charge in [-0.1, -0.05) is 27.2 Å². The first-order chi connectivity index (χ1) is 7.91. The van der Waals surface area contributed by atoms with E-state index in [1.807, 2.05) is 0 Å². The topological polar surface area (TPSA) is 46.5 Å². The van der Waals surface area contributed by atoms with Gasteiger partial charge in [-0.05, 0) is 30.6 Å². The van der Waals surface area contributed by atoms with Gasteiger partial charge in [0.1, 0.15) is 0 Å². The fourth-order valence-corrected chi connectivity index (χ4v) is 3.40. The van der Waals surface area contributed by atoms with E-state index in [-0.39, 0.29) is 18.0 Å². The van der Waals surface area contributed by atoms with Crippen molar-refractivity contribution in [3.05, 3.63) is 0 Å². The Morgan fingerprint density at radius 3 is 2.59 bits per heavy atom. The standard InChI is InChI=1S/C14H26O3/c1-10(2)13-6-5-11(3)7-14(13,8-15)9-17-12(4)16/h10-11,13,15H,5-9H2,1-4H3/t11-,13-,14-/m1/s1. The second-order valence-corrected chi connectivity index (χ2v) is 6.04. The van der Waals surface area contributed by atoms with Gasteiger partial charge in [-0.3, -0.25) is 4.79 Å². The van der Waals surface area contributed by atoms with Gasteiger partial charge in [0, 0.05) is 12.3 Å². The number of aliphatic hydroxyl groups is 1.